The van der Waals surface area contributed by atoms with Gasteiger partial charge in [0.1, 0.15) is 0 Å². The Balaban J connectivity index is 2.56. The minimum absolute atomic E-state index is 0.296. The molecule has 0 fully saturated rings. The number of halogens is 1. The number of hydrogen-bond donors (Lipinski definition) is 1. The van der Waals surface area contributed by atoms with Crippen molar-refractivity contribution in [3.63, 3.8) is 0 Å². The van der Waals surface area contributed by atoms with Gasteiger partial charge in [-0.1, -0.05) is 103 Å². The molecular weight excluding hydrogens is 443 g/mol. The van der Waals surface area contributed by atoms with E-state index in [1.165, 1.54) is 27.9 Å². The summed E-state index contributed by atoms with van der Waals surface area (Å²) in [5, 5.41) is 3.73. The van der Waals surface area contributed by atoms with E-state index in [9.17, 15) is 0 Å². The van der Waals surface area contributed by atoms with Crippen molar-refractivity contribution in [1.29, 1.82) is 0 Å². The van der Waals surface area contributed by atoms with Gasteiger partial charge in [-0.05, 0) is 66.9 Å². The van der Waals surface area contributed by atoms with Gasteiger partial charge in [-0.2, -0.15) is 0 Å². The van der Waals surface area contributed by atoms with Crippen LogP contribution in [0.4, 0.5) is 11.4 Å². The number of benzene rings is 2. The maximum atomic E-state index is 6.24. The number of nitrogens with one attached hydrogen (secondary N) is 1. The summed E-state index contributed by atoms with van der Waals surface area (Å²) in [6, 6.07) is 13.2. The first-order chi connectivity index (χ1) is 15.6. The molecule has 0 saturated heterocycles. The number of hydrogen-bond acceptors (Lipinski definition) is 2. The molecule has 4 heteroatoms. The van der Waals surface area contributed by atoms with Crippen molar-refractivity contribution in [3.8, 4) is 0 Å². The average Bonchev–Trinajstić information content (AvgIpc) is 2.73. The first-order valence-corrected chi connectivity index (χ1v) is 14.4. The maximum Gasteiger partial charge on any atom is 0.0702 e. The quantitative estimate of drug-likeness (QED) is 0.263. The van der Waals surface area contributed by atoms with Crippen LogP contribution in [0, 0.1) is 0 Å². The smallest absolute Gasteiger partial charge is 0.0702 e. The molecule has 2 aromatic rings. The van der Waals surface area contributed by atoms with Gasteiger partial charge in [0.2, 0.25) is 0 Å². The third-order valence-electron chi connectivity index (χ3n) is 5.92. The highest BCUT2D eigenvalue weighted by Crippen LogP contribution is 2.36. The molecule has 0 aromatic heterocycles. The van der Waals surface area contributed by atoms with Crippen LogP contribution in [0.2, 0.25) is 0 Å². The zero-order valence-corrected chi connectivity index (χ0v) is 23.6. The number of nitrogens with zero attached hydrogens (tertiary/aromatic N) is 1. The largest absolute Gasteiger partial charge is 0.359 e. The Morgan fingerprint density at radius 1 is 0.818 bits per heavy atom. The van der Waals surface area contributed by atoms with Gasteiger partial charge in [0.15, 0.2) is 0 Å². The molecule has 1 atom stereocenters. The summed E-state index contributed by atoms with van der Waals surface area (Å²) < 4.78 is 0. The van der Waals surface area contributed by atoms with Crippen molar-refractivity contribution in [3.05, 3.63) is 70.4 Å². The van der Waals surface area contributed by atoms with Crippen molar-refractivity contribution in [2.24, 2.45) is 4.99 Å². The van der Waals surface area contributed by atoms with Crippen LogP contribution in [0.15, 0.2) is 53.2 Å². The number of rotatable bonds is 10. The molecule has 180 valence electrons. The van der Waals surface area contributed by atoms with Gasteiger partial charge < -0.3 is 5.32 Å². The molecule has 0 amide bonds. The molecule has 0 aliphatic carbocycles. The number of para-hydroxylation sites is 2. The molecule has 1 unspecified atom stereocenters. The number of anilines is 1. The Labute approximate surface area is 208 Å². The summed E-state index contributed by atoms with van der Waals surface area (Å²) in [4.78, 5) is 5.21. The third-order valence-corrected chi connectivity index (χ3v) is 6.82. The standard InChI is InChI=1S/C29H42ClN2P/c1-18(2)24-12-10-13-25(19(3)4)28(24)31-22(9)16-23(17-33-30)32-29-26(20(5)6)14-11-15-27(29)21(7)8/h10-16,18-21,31,33H,17H2,1-9H3/b22-16+,32-23?. The Bertz CT molecular complexity index is 935. The molecule has 0 bridgehead atoms. The predicted molar refractivity (Wildman–Crippen MR) is 153 cm³/mol. The molecule has 33 heavy (non-hydrogen) atoms. The molecule has 0 aliphatic rings. The summed E-state index contributed by atoms with van der Waals surface area (Å²) in [7, 11) is 0.296. The first kappa shape index (κ1) is 27.6. The predicted octanol–water partition coefficient (Wildman–Crippen LogP) is 10.1. The summed E-state index contributed by atoms with van der Waals surface area (Å²) in [6.07, 6.45) is 2.94. The fraction of sp³-hybridized carbons (Fsp3) is 0.483. The van der Waals surface area contributed by atoms with E-state index in [2.05, 4.69) is 110 Å². The van der Waals surface area contributed by atoms with E-state index >= 15 is 0 Å². The van der Waals surface area contributed by atoms with Crippen molar-refractivity contribution < 1.29 is 0 Å². The molecule has 2 nitrogen and oxygen atoms in total. The maximum absolute atomic E-state index is 6.24. The second-order valence-corrected chi connectivity index (χ2v) is 11.5. The Hall–Kier alpha value is -1.63. The molecule has 2 rings (SSSR count). The molecule has 1 N–H and O–H groups in total. The van der Waals surface area contributed by atoms with E-state index in [4.69, 9.17) is 16.2 Å². The lowest BCUT2D eigenvalue weighted by molar-refractivity contribution is 0.834. The van der Waals surface area contributed by atoms with Crippen LogP contribution in [0.25, 0.3) is 0 Å². The SMILES string of the molecule is C/C(=C\C(CPCl)=Nc1c(C(C)C)cccc1C(C)C)Nc1c(C(C)C)cccc1C(C)C. The van der Waals surface area contributed by atoms with E-state index in [1.807, 2.05) is 0 Å². The topological polar surface area (TPSA) is 24.4 Å². The Morgan fingerprint density at radius 2 is 1.24 bits per heavy atom. The van der Waals surface area contributed by atoms with E-state index in [1.54, 1.807) is 0 Å². The van der Waals surface area contributed by atoms with Crippen LogP contribution in [0.3, 0.4) is 0 Å². The fourth-order valence-electron chi connectivity index (χ4n) is 4.15. The first-order valence-electron chi connectivity index (χ1n) is 12.2. The zero-order chi connectivity index (χ0) is 24.7. The second-order valence-electron chi connectivity index (χ2n) is 10.1. The summed E-state index contributed by atoms with van der Waals surface area (Å²) in [5.74, 6) is 1.72. The van der Waals surface area contributed by atoms with Gasteiger partial charge in [-0.3, -0.25) is 4.99 Å². The molecule has 0 radical (unpaired) electrons. The monoisotopic (exact) mass is 484 g/mol. The summed E-state index contributed by atoms with van der Waals surface area (Å²) >= 11 is 6.24. The van der Waals surface area contributed by atoms with E-state index < -0.39 is 0 Å². The third kappa shape index (κ3) is 7.43. The van der Waals surface area contributed by atoms with Crippen molar-refractivity contribution in [2.45, 2.75) is 86.0 Å². The molecule has 2 aromatic carbocycles. The zero-order valence-electron chi connectivity index (χ0n) is 21.9. The molecule has 0 saturated carbocycles. The van der Waals surface area contributed by atoms with E-state index in [0.29, 0.717) is 31.6 Å². The van der Waals surface area contributed by atoms with Crippen LogP contribution in [-0.4, -0.2) is 11.9 Å². The summed E-state index contributed by atoms with van der Waals surface area (Å²) in [5.41, 5.74) is 9.74. The average molecular weight is 485 g/mol. The lowest BCUT2D eigenvalue weighted by Gasteiger charge is -2.21. The van der Waals surface area contributed by atoms with Crippen LogP contribution < -0.4 is 5.32 Å². The highest BCUT2D eigenvalue weighted by Gasteiger charge is 2.16. The van der Waals surface area contributed by atoms with Crippen molar-refractivity contribution in [2.75, 3.05) is 11.5 Å². The molecular formula is C29H42ClN2P. The van der Waals surface area contributed by atoms with Gasteiger partial charge in [-0.25, -0.2) is 0 Å². The molecule has 0 aliphatic heterocycles. The lowest BCUT2D eigenvalue weighted by atomic mass is 9.92. The number of aliphatic imine (C=N–C) groups is 1. The lowest BCUT2D eigenvalue weighted by Crippen LogP contribution is -2.08. The second kappa shape index (κ2) is 12.7. The van der Waals surface area contributed by atoms with Gasteiger partial charge in [0, 0.05) is 23.3 Å². The van der Waals surface area contributed by atoms with Crippen LogP contribution in [0.5, 0.6) is 0 Å². The normalized spacial score (nSPS) is 13.4. The van der Waals surface area contributed by atoms with Gasteiger partial charge in [-0.15, -0.1) is 0 Å². The minimum atomic E-state index is 0.296. The molecule has 0 spiro atoms. The van der Waals surface area contributed by atoms with Crippen LogP contribution >= 0.6 is 19.2 Å². The number of allylic oxidation sites excluding steroid dienone is 2. The molecule has 0 heterocycles. The van der Waals surface area contributed by atoms with E-state index in [-0.39, 0.29) is 0 Å². The fourth-order valence-corrected chi connectivity index (χ4v) is 4.88. The highest BCUT2D eigenvalue weighted by atomic mass is 35.7. The van der Waals surface area contributed by atoms with E-state index in [0.717, 1.165) is 23.3 Å². The Morgan fingerprint density at radius 3 is 1.64 bits per heavy atom. The van der Waals surface area contributed by atoms with Gasteiger partial charge in [0.05, 0.1) is 5.69 Å². The van der Waals surface area contributed by atoms with Crippen molar-refractivity contribution >= 4 is 36.3 Å². The van der Waals surface area contributed by atoms with Crippen molar-refractivity contribution in [1.82, 2.24) is 0 Å². The van der Waals surface area contributed by atoms with Crippen LogP contribution in [0.1, 0.15) is 108 Å². The minimum Gasteiger partial charge on any atom is -0.359 e. The Kier molecular flexibility index (Phi) is 10.6. The highest BCUT2D eigenvalue weighted by molar-refractivity contribution is 7.69. The summed E-state index contributed by atoms with van der Waals surface area (Å²) in [6.45, 7) is 20.1. The van der Waals surface area contributed by atoms with Crippen LogP contribution in [-0.2, 0) is 0 Å². The van der Waals surface area contributed by atoms with Gasteiger partial charge in [0.25, 0.3) is 0 Å². The van der Waals surface area contributed by atoms with Gasteiger partial charge >= 0.3 is 0 Å².